The molecule has 0 atom stereocenters. The van der Waals surface area contributed by atoms with Crippen LogP contribution in [-0.2, 0) is 0 Å². The molecule has 2 heterocycles. The van der Waals surface area contributed by atoms with Crippen LogP contribution in [0.1, 0.15) is 5.69 Å². The number of allylic oxidation sites excluding steroid dienone is 3. The summed E-state index contributed by atoms with van der Waals surface area (Å²) in [6.45, 7) is 3.54. The maximum Gasteiger partial charge on any atom is 0.182 e. The minimum Gasteiger partial charge on any atom is -0.352 e. The Morgan fingerprint density at radius 1 is 1.37 bits per heavy atom. The van der Waals surface area contributed by atoms with Crippen LogP contribution in [0.2, 0.25) is 0 Å². The minimum absolute atomic E-state index is 0.161. The zero-order chi connectivity index (χ0) is 13.7. The fourth-order valence-corrected chi connectivity index (χ4v) is 1.60. The lowest BCUT2D eigenvalue weighted by molar-refractivity contribution is 1.21. The first kappa shape index (κ1) is 12.7. The van der Waals surface area contributed by atoms with E-state index in [1.54, 1.807) is 36.6 Å². The maximum atomic E-state index is 11.7. The first-order chi connectivity index (χ1) is 9.20. The number of pyridine rings is 2. The molecule has 0 bridgehead atoms. The molecule has 0 amide bonds. The van der Waals surface area contributed by atoms with E-state index in [1.807, 2.05) is 6.07 Å². The molecule has 2 aromatic heterocycles. The zero-order valence-corrected chi connectivity index (χ0v) is 10.3. The van der Waals surface area contributed by atoms with Crippen LogP contribution in [-0.4, -0.2) is 15.7 Å². The van der Waals surface area contributed by atoms with Gasteiger partial charge in [0, 0.05) is 18.3 Å². The highest BCUT2D eigenvalue weighted by Crippen LogP contribution is 2.12. The van der Waals surface area contributed by atoms with Crippen LogP contribution >= 0.6 is 0 Å². The summed E-state index contributed by atoms with van der Waals surface area (Å²) >= 11 is 0. The number of rotatable bonds is 4. The molecule has 0 aliphatic carbocycles. The Kier molecular flexibility index (Phi) is 3.83. The van der Waals surface area contributed by atoms with Crippen LogP contribution in [0.5, 0.6) is 0 Å². The van der Waals surface area contributed by atoms with Gasteiger partial charge in [0.15, 0.2) is 5.43 Å². The monoisotopic (exact) mass is 251 g/mol. The molecular weight excluding hydrogens is 238 g/mol. The van der Waals surface area contributed by atoms with Crippen LogP contribution < -0.4 is 5.43 Å². The van der Waals surface area contributed by atoms with E-state index < -0.39 is 0 Å². The molecule has 0 saturated heterocycles. The van der Waals surface area contributed by atoms with E-state index in [1.165, 1.54) is 12.1 Å². The molecule has 4 nitrogen and oxygen atoms in total. The third-order valence-electron chi connectivity index (χ3n) is 2.47. The highest BCUT2D eigenvalue weighted by Gasteiger charge is 2.05. The van der Waals surface area contributed by atoms with Gasteiger partial charge < -0.3 is 4.98 Å². The first-order valence-electron chi connectivity index (χ1n) is 5.74. The lowest BCUT2D eigenvalue weighted by Crippen LogP contribution is -2.08. The second-order valence-corrected chi connectivity index (χ2v) is 3.87. The molecule has 2 rings (SSSR count). The fraction of sp³-hybridized carbons (Fsp3) is 0. The fourth-order valence-electron chi connectivity index (χ4n) is 1.60. The van der Waals surface area contributed by atoms with Gasteiger partial charge in [0.05, 0.1) is 22.8 Å². The van der Waals surface area contributed by atoms with E-state index in [9.17, 15) is 4.79 Å². The molecule has 2 aromatic rings. The Morgan fingerprint density at radius 2 is 2.21 bits per heavy atom. The molecule has 0 aliphatic rings. The van der Waals surface area contributed by atoms with Gasteiger partial charge in [-0.05, 0) is 18.2 Å². The minimum atomic E-state index is -0.161. The van der Waals surface area contributed by atoms with E-state index in [-0.39, 0.29) is 11.1 Å². The molecule has 0 unspecified atom stereocenters. The topological polar surface area (TPSA) is 69.6 Å². The number of hydrogen-bond acceptors (Lipinski definition) is 3. The summed E-state index contributed by atoms with van der Waals surface area (Å²) in [5, 5.41) is 7.86. The lowest BCUT2D eigenvalue weighted by Gasteiger charge is -2.04. The van der Waals surface area contributed by atoms with E-state index in [2.05, 4.69) is 16.5 Å². The molecule has 0 radical (unpaired) electrons. The Hall–Kier alpha value is -2.75. The van der Waals surface area contributed by atoms with Crippen molar-refractivity contribution >= 4 is 5.71 Å². The average molecular weight is 251 g/mol. The summed E-state index contributed by atoms with van der Waals surface area (Å²) in [6.07, 6.45) is 6.45. The predicted octanol–water partition coefficient (Wildman–Crippen LogP) is 2.55. The summed E-state index contributed by atoms with van der Waals surface area (Å²) in [5.41, 5.74) is 1.77. The van der Waals surface area contributed by atoms with Gasteiger partial charge in [0.25, 0.3) is 0 Å². The van der Waals surface area contributed by atoms with Crippen LogP contribution in [0.15, 0.2) is 66.1 Å². The standard InChI is InChI=1S/C15H13N3O/c1-2-3-6-12(16)14-9-11(19)10-15(18-14)13-7-4-5-8-17-13/h2-10,16H,1H2,(H,18,19)/b6-3-,16-12?. The van der Waals surface area contributed by atoms with Crippen molar-refractivity contribution in [3.05, 3.63) is 77.3 Å². The Balaban J connectivity index is 2.46. The van der Waals surface area contributed by atoms with Crippen molar-refractivity contribution < 1.29 is 0 Å². The van der Waals surface area contributed by atoms with Gasteiger partial charge in [-0.15, -0.1) is 0 Å². The van der Waals surface area contributed by atoms with Crippen molar-refractivity contribution in [1.29, 1.82) is 5.41 Å². The molecule has 2 N–H and O–H groups in total. The van der Waals surface area contributed by atoms with E-state index >= 15 is 0 Å². The summed E-state index contributed by atoms with van der Waals surface area (Å²) in [4.78, 5) is 18.9. The van der Waals surface area contributed by atoms with Gasteiger partial charge in [-0.25, -0.2) is 0 Å². The molecular formula is C15H13N3O. The second kappa shape index (κ2) is 5.73. The molecule has 94 valence electrons. The molecule has 0 aliphatic heterocycles. The maximum absolute atomic E-state index is 11.7. The van der Waals surface area contributed by atoms with Crippen LogP contribution in [0.3, 0.4) is 0 Å². The quantitative estimate of drug-likeness (QED) is 0.647. The lowest BCUT2D eigenvalue weighted by atomic mass is 10.2. The summed E-state index contributed by atoms with van der Waals surface area (Å²) in [5.74, 6) is 0. The summed E-state index contributed by atoms with van der Waals surface area (Å²) < 4.78 is 0. The molecule has 0 fully saturated rings. The first-order valence-corrected chi connectivity index (χ1v) is 5.74. The average Bonchev–Trinajstić information content (AvgIpc) is 2.45. The highest BCUT2D eigenvalue weighted by molar-refractivity contribution is 6.05. The number of nitrogens with zero attached hydrogens (tertiary/aromatic N) is 1. The molecule has 0 aromatic carbocycles. The van der Waals surface area contributed by atoms with Crippen molar-refractivity contribution in [2.75, 3.05) is 0 Å². The van der Waals surface area contributed by atoms with E-state index in [0.717, 1.165) is 0 Å². The van der Waals surface area contributed by atoms with Gasteiger partial charge in [0.2, 0.25) is 0 Å². The smallest absolute Gasteiger partial charge is 0.182 e. The van der Waals surface area contributed by atoms with Crippen molar-refractivity contribution in [2.24, 2.45) is 0 Å². The largest absolute Gasteiger partial charge is 0.352 e. The molecule has 19 heavy (non-hydrogen) atoms. The summed E-state index contributed by atoms with van der Waals surface area (Å²) in [7, 11) is 0. The molecule has 0 saturated carbocycles. The number of hydrogen-bond donors (Lipinski definition) is 2. The van der Waals surface area contributed by atoms with Crippen molar-refractivity contribution in [3.63, 3.8) is 0 Å². The molecule has 0 spiro atoms. The van der Waals surface area contributed by atoms with Gasteiger partial charge in [-0.1, -0.05) is 24.8 Å². The van der Waals surface area contributed by atoms with Crippen molar-refractivity contribution in [2.45, 2.75) is 0 Å². The Labute approximate surface area is 110 Å². The van der Waals surface area contributed by atoms with Crippen molar-refractivity contribution in [1.82, 2.24) is 9.97 Å². The normalized spacial score (nSPS) is 10.5. The van der Waals surface area contributed by atoms with Gasteiger partial charge in [-0.3, -0.25) is 15.2 Å². The van der Waals surface area contributed by atoms with Gasteiger partial charge >= 0.3 is 0 Å². The Bertz CT molecular complexity index is 684. The van der Waals surface area contributed by atoms with Crippen LogP contribution in [0.4, 0.5) is 0 Å². The van der Waals surface area contributed by atoms with Gasteiger partial charge in [-0.2, -0.15) is 0 Å². The van der Waals surface area contributed by atoms with E-state index in [0.29, 0.717) is 17.1 Å². The SMILES string of the molecule is C=C/C=C\C(=N)c1cc(=O)cc(-c2ccccn2)[nH]1. The predicted molar refractivity (Wildman–Crippen MR) is 76.5 cm³/mol. The number of aromatic amines is 1. The second-order valence-electron chi connectivity index (χ2n) is 3.87. The third-order valence-corrected chi connectivity index (χ3v) is 2.47. The highest BCUT2D eigenvalue weighted by atomic mass is 16.1. The number of H-pyrrole nitrogens is 1. The Morgan fingerprint density at radius 3 is 2.89 bits per heavy atom. The zero-order valence-electron chi connectivity index (χ0n) is 10.3. The van der Waals surface area contributed by atoms with Crippen LogP contribution in [0.25, 0.3) is 11.4 Å². The third kappa shape index (κ3) is 3.13. The van der Waals surface area contributed by atoms with E-state index in [4.69, 9.17) is 5.41 Å². The number of aromatic nitrogens is 2. The van der Waals surface area contributed by atoms with Crippen molar-refractivity contribution in [3.8, 4) is 11.4 Å². The van der Waals surface area contributed by atoms with Crippen LogP contribution in [0, 0.1) is 5.41 Å². The van der Waals surface area contributed by atoms with Gasteiger partial charge in [0.1, 0.15) is 0 Å². The number of nitrogens with one attached hydrogen (secondary N) is 2. The molecule has 4 heteroatoms. The summed E-state index contributed by atoms with van der Waals surface area (Å²) in [6, 6.07) is 8.31.